The van der Waals surface area contributed by atoms with Crippen LogP contribution < -0.4 is 4.74 Å². The van der Waals surface area contributed by atoms with Gasteiger partial charge in [0.25, 0.3) is 0 Å². The number of thiazole rings is 1. The first-order chi connectivity index (χ1) is 14.3. The lowest BCUT2D eigenvalue weighted by Gasteiger charge is -2.15. The third-order valence-corrected chi connectivity index (χ3v) is 5.74. The second-order valence-corrected chi connectivity index (χ2v) is 9.08. The average Bonchev–Trinajstić information content (AvgIpc) is 3.34. The average molecular weight is 422 g/mol. The number of nitrogens with zero attached hydrogens (tertiary/aromatic N) is 1. The van der Waals surface area contributed by atoms with Gasteiger partial charge < -0.3 is 14.3 Å². The van der Waals surface area contributed by atoms with E-state index in [-0.39, 0.29) is 11.8 Å². The molecule has 30 heavy (non-hydrogen) atoms. The summed E-state index contributed by atoms with van der Waals surface area (Å²) in [6.07, 6.45) is 1.59. The van der Waals surface area contributed by atoms with Gasteiger partial charge in [-0.05, 0) is 35.4 Å². The SMILES string of the molecule is CC(C)(C)c1csc(-c2c(COc3ccc4occc4c3)cccc2CC(=O)O)n1. The molecule has 0 unspecified atom stereocenters. The van der Waals surface area contributed by atoms with Crippen LogP contribution in [0.25, 0.3) is 21.5 Å². The zero-order valence-electron chi connectivity index (χ0n) is 17.1. The van der Waals surface area contributed by atoms with Crippen molar-refractivity contribution in [1.82, 2.24) is 4.98 Å². The maximum Gasteiger partial charge on any atom is 0.307 e. The highest BCUT2D eigenvalue weighted by molar-refractivity contribution is 7.13. The van der Waals surface area contributed by atoms with E-state index in [2.05, 4.69) is 20.8 Å². The molecule has 1 N–H and O–H groups in total. The van der Waals surface area contributed by atoms with Gasteiger partial charge in [0.15, 0.2) is 0 Å². The maximum absolute atomic E-state index is 11.4. The number of carboxylic acids is 1. The molecule has 154 valence electrons. The molecule has 2 heterocycles. The van der Waals surface area contributed by atoms with Crippen LogP contribution in [0.5, 0.6) is 5.75 Å². The summed E-state index contributed by atoms with van der Waals surface area (Å²) >= 11 is 1.54. The van der Waals surface area contributed by atoms with Crippen LogP contribution in [-0.2, 0) is 23.2 Å². The Balaban J connectivity index is 1.69. The summed E-state index contributed by atoms with van der Waals surface area (Å²) in [5.74, 6) is -0.139. The summed E-state index contributed by atoms with van der Waals surface area (Å²) in [6.45, 7) is 6.66. The van der Waals surface area contributed by atoms with E-state index >= 15 is 0 Å². The van der Waals surface area contributed by atoms with E-state index in [1.54, 1.807) is 6.26 Å². The lowest BCUT2D eigenvalue weighted by molar-refractivity contribution is -0.136. The van der Waals surface area contributed by atoms with Crippen molar-refractivity contribution in [3.8, 4) is 16.3 Å². The van der Waals surface area contributed by atoms with Crippen molar-refractivity contribution < 1.29 is 19.1 Å². The van der Waals surface area contributed by atoms with Gasteiger partial charge in [-0.1, -0.05) is 39.0 Å². The highest BCUT2D eigenvalue weighted by Crippen LogP contribution is 2.35. The predicted molar refractivity (Wildman–Crippen MR) is 118 cm³/mol. The number of aliphatic carboxylic acids is 1. The second-order valence-electron chi connectivity index (χ2n) is 8.22. The fourth-order valence-corrected chi connectivity index (χ4v) is 4.45. The summed E-state index contributed by atoms with van der Waals surface area (Å²) in [4.78, 5) is 16.3. The quantitative estimate of drug-likeness (QED) is 0.410. The molecular weight excluding hydrogens is 398 g/mol. The van der Waals surface area contributed by atoms with Crippen LogP contribution in [0.15, 0.2) is 58.5 Å². The first-order valence-electron chi connectivity index (χ1n) is 9.70. The van der Waals surface area contributed by atoms with E-state index < -0.39 is 5.97 Å². The van der Waals surface area contributed by atoms with Gasteiger partial charge in [-0.15, -0.1) is 11.3 Å². The number of aromatic nitrogens is 1. The molecule has 0 bridgehead atoms. The number of carbonyl (C=O) groups is 1. The van der Waals surface area contributed by atoms with Gasteiger partial charge in [0.05, 0.1) is 18.4 Å². The van der Waals surface area contributed by atoms with Crippen molar-refractivity contribution in [3.63, 3.8) is 0 Å². The Morgan fingerprint density at radius 3 is 2.70 bits per heavy atom. The van der Waals surface area contributed by atoms with Crippen molar-refractivity contribution in [1.29, 1.82) is 0 Å². The molecule has 0 aliphatic heterocycles. The van der Waals surface area contributed by atoms with Crippen molar-refractivity contribution in [2.45, 2.75) is 39.2 Å². The number of hydrogen-bond acceptors (Lipinski definition) is 5. The Bertz CT molecular complexity index is 1200. The van der Waals surface area contributed by atoms with Crippen molar-refractivity contribution in [3.05, 3.63) is 70.9 Å². The molecule has 0 fully saturated rings. The molecular formula is C24H23NO4S. The van der Waals surface area contributed by atoms with Gasteiger partial charge in [0.2, 0.25) is 0 Å². The Morgan fingerprint density at radius 1 is 1.17 bits per heavy atom. The van der Waals surface area contributed by atoms with Gasteiger partial charge in [-0.25, -0.2) is 4.98 Å². The zero-order valence-corrected chi connectivity index (χ0v) is 18.0. The number of rotatable bonds is 6. The first-order valence-corrected chi connectivity index (χ1v) is 10.6. The first kappa shape index (κ1) is 20.2. The molecule has 0 aliphatic rings. The number of benzene rings is 2. The van der Waals surface area contributed by atoms with Crippen molar-refractivity contribution >= 4 is 28.3 Å². The Hall–Kier alpha value is -3.12. The third-order valence-electron chi connectivity index (χ3n) is 4.88. The largest absolute Gasteiger partial charge is 0.489 e. The molecule has 4 rings (SSSR count). The van der Waals surface area contributed by atoms with Crippen LogP contribution in [0.2, 0.25) is 0 Å². The molecule has 0 saturated carbocycles. The number of furan rings is 1. The Morgan fingerprint density at radius 2 is 1.97 bits per heavy atom. The Labute approximate surface area is 179 Å². The van der Waals surface area contributed by atoms with Crippen LogP contribution >= 0.6 is 11.3 Å². The summed E-state index contributed by atoms with van der Waals surface area (Å²) in [5.41, 5.74) is 4.23. The summed E-state index contributed by atoms with van der Waals surface area (Å²) in [5, 5.41) is 13.2. The van der Waals surface area contributed by atoms with E-state index in [1.807, 2.05) is 47.8 Å². The van der Waals surface area contributed by atoms with Gasteiger partial charge >= 0.3 is 5.97 Å². The molecule has 0 atom stereocenters. The normalized spacial score (nSPS) is 11.7. The molecule has 0 saturated heterocycles. The molecule has 2 aromatic heterocycles. The molecule has 6 heteroatoms. The van der Waals surface area contributed by atoms with Crippen LogP contribution in [-0.4, -0.2) is 16.1 Å². The van der Waals surface area contributed by atoms with E-state index in [0.717, 1.165) is 44.1 Å². The van der Waals surface area contributed by atoms with Gasteiger partial charge in [-0.3, -0.25) is 4.79 Å². The number of ether oxygens (including phenoxy) is 1. The molecule has 5 nitrogen and oxygen atoms in total. The lowest BCUT2D eigenvalue weighted by atomic mass is 9.93. The molecule has 0 spiro atoms. The predicted octanol–water partition coefficient (Wildman–Crippen LogP) is 6.06. The molecule has 0 radical (unpaired) electrons. The topological polar surface area (TPSA) is 72.6 Å². The summed E-state index contributed by atoms with van der Waals surface area (Å²) < 4.78 is 11.4. The molecule has 2 aromatic carbocycles. The highest BCUT2D eigenvalue weighted by atomic mass is 32.1. The van der Waals surface area contributed by atoms with E-state index in [9.17, 15) is 9.90 Å². The fraction of sp³-hybridized carbons (Fsp3) is 0.250. The smallest absolute Gasteiger partial charge is 0.307 e. The van der Waals surface area contributed by atoms with Crippen molar-refractivity contribution in [2.75, 3.05) is 0 Å². The zero-order chi connectivity index (χ0) is 21.3. The summed E-state index contributed by atoms with van der Waals surface area (Å²) in [7, 11) is 0. The molecule has 0 aliphatic carbocycles. The van der Waals surface area contributed by atoms with Crippen LogP contribution in [0.4, 0.5) is 0 Å². The molecule has 4 aromatic rings. The van der Waals surface area contributed by atoms with E-state index in [0.29, 0.717) is 6.61 Å². The third kappa shape index (κ3) is 4.24. The van der Waals surface area contributed by atoms with Crippen LogP contribution in [0, 0.1) is 0 Å². The minimum absolute atomic E-state index is 0.0609. The van der Waals surface area contributed by atoms with Gasteiger partial charge in [0, 0.05) is 21.7 Å². The lowest BCUT2D eigenvalue weighted by Crippen LogP contribution is -2.11. The fourth-order valence-electron chi connectivity index (χ4n) is 3.29. The van der Waals surface area contributed by atoms with E-state index in [4.69, 9.17) is 14.1 Å². The minimum Gasteiger partial charge on any atom is -0.489 e. The number of carboxylic acid groups (broad SMARTS) is 1. The van der Waals surface area contributed by atoms with Gasteiger partial charge in [0.1, 0.15) is 22.9 Å². The van der Waals surface area contributed by atoms with Crippen LogP contribution in [0.1, 0.15) is 37.6 Å². The van der Waals surface area contributed by atoms with Gasteiger partial charge in [-0.2, -0.15) is 0 Å². The maximum atomic E-state index is 11.4. The van der Waals surface area contributed by atoms with Crippen LogP contribution in [0.3, 0.4) is 0 Å². The monoisotopic (exact) mass is 421 g/mol. The minimum atomic E-state index is -0.868. The van der Waals surface area contributed by atoms with E-state index in [1.165, 1.54) is 11.3 Å². The second kappa shape index (κ2) is 7.95. The highest BCUT2D eigenvalue weighted by Gasteiger charge is 2.21. The van der Waals surface area contributed by atoms with Crippen molar-refractivity contribution in [2.24, 2.45) is 0 Å². The standard InChI is InChI=1S/C24H23NO4S/c1-24(2,3)20-14-30-23(25-20)22-16(12-21(26)27)5-4-6-17(22)13-29-18-7-8-19-15(11-18)9-10-28-19/h4-11,14H,12-13H2,1-3H3,(H,26,27). The summed E-state index contributed by atoms with van der Waals surface area (Å²) in [6, 6.07) is 13.3. The Kier molecular flexibility index (Phi) is 5.35. The molecule has 0 amide bonds. The number of hydrogen-bond donors (Lipinski definition) is 1. The number of fused-ring (bicyclic) bond motifs is 1.